The Hall–Kier alpha value is -2.51. The lowest BCUT2D eigenvalue weighted by Gasteiger charge is -2.19. The third-order valence-electron chi connectivity index (χ3n) is 3.76. The molecule has 2 N–H and O–H groups in total. The molecule has 1 atom stereocenters. The van der Waals surface area contributed by atoms with Gasteiger partial charge in [-0.25, -0.2) is 8.78 Å². The number of nitrogens with zero attached hydrogens (tertiary/aromatic N) is 1. The van der Waals surface area contributed by atoms with Gasteiger partial charge >= 0.3 is 0 Å². The van der Waals surface area contributed by atoms with Gasteiger partial charge in [0, 0.05) is 22.3 Å². The molecule has 0 aromatic heterocycles. The molecule has 144 valence electrons. The molecule has 0 aliphatic heterocycles. The summed E-state index contributed by atoms with van der Waals surface area (Å²) in [5.41, 5.74) is 0.788. The molecule has 2 amide bonds. The standard InChI is InChI=1S/C19H20ClF2N3O2/c1-12(16-8-5-14(21)9-17(16)22)23-18(26)10-25(2)11-19(27)24-15-6-3-13(20)4-7-15/h3-9,12H,10-11H2,1-2H3,(H,23,26)(H,24,27)/t12-/m0/s1. The van der Waals surface area contributed by atoms with Gasteiger partial charge in [-0.3, -0.25) is 14.5 Å². The van der Waals surface area contributed by atoms with Crippen LogP contribution in [-0.4, -0.2) is 36.9 Å². The van der Waals surface area contributed by atoms with Crippen molar-refractivity contribution in [3.05, 3.63) is 64.7 Å². The molecule has 0 saturated carbocycles. The molecule has 27 heavy (non-hydrogen) atoms. The van der Waals surface area contributed by atoms with E-state index in [0.717, 1.165) is 12.1 Å². The molecular formula is C19H20ClF2N3O2. The van der Waals surface area contributed by atoms with Crippen LogP contribution in [0.5, 0.6) is 0 Å². The first-order valence-electron chi connectivity index (χ1n) is 8.23. The normalized spacial score (nSPS) is 11.9. The Morgan fingerprint density at radius 3 is 2.33 bits per heavy atom. The first-order valence-corrected chi connectivity index (χ1v) is 8.60. The van der Waals surface area contributed by atoms with Crippen molar-refractivity contribution in [1.82, 2.24) is 10.2 Å². The van der Waals surface area contributed by atoms with Gasteiger partial charge in [0.1, 0.15) is 11.6 Å². The molecule has 5 nitrogen and oxygen atoms in total. The van der Waals surface area contributed by atoms with E-state index in [4.69, 9.17) is 11.6 Å². The van der Waals surface area contributed by atoms with Crippen LogP contribution in [0, 0.1) is 11.6 Å². The summed E-state index contributed by atoms with van der Waals surface area (Å²) in [6, 6.07) is 9.22. The van der Waals surface area contributed by atoms with Crippen molar-refractivity contribution >= 4 is 29.1 Å². The second kappa shape index (κ2) is 9.43. The maximum Gasteiger partial charge on any atom is 0.238 e. The zero-order chi connectivity index (χ0) is 20.0. The average molecular weight is 396 g/mol. The lowest BCUT2D eigenvalue weighted by atomic mass is 10.1. The fraction of sp³-hybridized carbons (Fsp3) is 0.263. The van der Waals surface area contributed by atoms with Crippen molar-refractivity contribution in [2.45, 2.75) is 13.0 Å². The summed E-state index contributed by atoms with van der Waals surface area (Å²) in [6.45, 7) is 1.54. The zero-order valence-corrected chi connectivity index (χ0v) is 15.7. The number of amides is 2. The molecule has 0 unspecified atom stereocenters. The molecule has 2 aromatic rings. The van der Waals surface area contributed by atoms with Crippen LogP contribution < -0.4 is 10.6 Å². The highest BCUT2D eigenvalue weighted by atomic mass is 35.5. The van der Waals surface area contributed by atoms with Crippen LogP contribution in [-0.2, 0) is 9.59 Å². The van der Waals surface area contributed by atoms with Crippen molar-refractivity contribution in [3.63, 3.8) is 0 Å². The highest BCUT2D eigenvalue weighted by Gasteiger charge is 2.16. The van der Waals surface area contributed by atoms with Crippen LogP contribution in [0.1, 0.15) is 18.5 Å². The molecule has 0 saturated heterocycles. The summed E-state index contributed by atoms with van der Waals surface area (Å²) in [4.78, 5) is 25.6. The number of anilines is 1. The Balaban J connectivity index is 1.82. The van der Waals surface area contributed by atoms with Crippen molar-refractivity contribution in [3.8, 4) is 0 Å². The molecule has 0 bridgehead atoms. The van der Waals surface area contributed by atoms with E-state index < -0.39 is 17.7 Å². The summed E-state index contributed by atoms with van der Waals surface area (Å²) in [7, 11) is 1.62. The van der Waals surface area contributed by atoms with Gasteiger partial charge in [0.15, 0.2) is 0 Å². The summed E-state index contributed by atoms with van der Waals surface area (Å²) < 4.78 is 26.7. The van der Waals surface area contributed by atoms with E-state index in [-0.39, 0.29) is 30.5 Å². The van der Waals surface area contributed by atoms with E-state index in [1.165, 1.54) is 11.0 Å². The molecule has 8 heteroatoms. The van der Waals surface area contributed by atoms with Gasteiger partial charge in [0.2, 0.25) is 11.8 Å². The minimum Gasteiger partial charge on any atom is -0.348 e. The van der Waals surface area contributed by atoms with Crippen molar-refractivity contribution in [2.75, 3.05) is 25.5 Å². The Morgan fingerprint density at radius 2 is 1.70 bits per heavy atom. The molecule has 0 radical (unpaired) electrons. The second-order valence-corrected chi connectivity index (χ2v) is 6.62. The summed E-state index contributed by atoms with van der Waals surface area (Å²) in [5.74, 6) is -2.07. The van der Waals surface area contributed by atoms with Crippen molar-refractivity contribution in [1.29, 1.82) is 0 Å². The van der Waals surface area contributed by atoms with Crippen LogP contribution in [0.15, 0.2) is 42.5 Å². The number of carbonyl (C=O) groups is 2. The monoisotopic (exact) mass is 395 g/mol. The Kier molecular flexibility index (Phi) is 7.27. The number of nitrogens with one attached hydrogen (secondary N) is 2. The van der Waals surface area contributed by atoms with E-state index in [9.17, 15) is 18.4 Å². The van der Waals surface area contributed by atoms with Gasteiger partial charge in [-0.15, -0.1) is 0 Å². The third kappa shape index (κ3) is 6.62. The topological polar surface area (TPSA) is 61.4 Å². The van der Waals surface area contributed by atoms with Gasteiger partial charge in [-0.2, -0.15) is 0 Å². The molecule has 2 rings (SSSR count). The average Bonchev–Trinajstić information content (AvgIpc) is 2.56. The Bertz CT molecular complexity index is 815. The number of benzene rings is 2. The number of hydrogen-bond acceptors (Lipinski definition) is 3. The molecular weight excluding hydrogens is 376 g/mol. The molecule has 0 aliphatic carbocycles. The predicted molar refractivity (Wildman–Crippen MR) is 100 cm³/mol. The zero-order valence-electron chi connectivity index (χ0n) is 14.9. The Labute approximate surface area is 161 Å². The summed E-state index contributed by atoms with van der Waals surface area (Å²) in [5, 5.41) is 5.89. The lowest BCUT2D eigenvalue weighted by molar-refractivity contribution is -0.123. The van der Waals surface area contributed by atoms with Gasteiger partial charge in [0.25, 0.3) is 0 Å². The van der Waals surface area contributed by atoms with E-state index in [2.05, 4.69) is 10.6 Å². The number of hydrogen-bond donors (Lipinski definition) is 2. The summed E-state index contributed by atoms with van der Waals surface area (Å²) >= 11 is 5.79. The lowest BCUT2D eigenvalue weighted by Crippen LogP contribution is -2.39. The predicted octanol–water partition coefficient (Wildman–Crippen LogP) is 3.37. The van der Waals surface area contributed by atoms with E-state index in [0.29, 0.717) is 10.7 Å². The van der Waals surface area contributed by atoms with E-state index in [1.807, 2.05) is 0 Å². The molecule has 0 spiro atoms. The summed E-state index contributed by atoms with van der Waals surface area (Å²) in [6.07, 6.45) is 0. The second-order valence-electron chi connectivity index (χ2n) is 6.18. The molecule has 0 fully saturated rings. The van der Waals surface area contributed by atoms with Crippen molar-refractivity contribution < 1.29 is 18.4 Å². The van der Waals surface area contributed by atoms with Gasteiger partial charge in [-0.05, 0) is 44.3 Å². The van der Waals surface area contributed by atoms with Crippen molar-refractivity contribution in [2.24, 2.45) is 0 Å². The van der Waals surface area contributed by atoms with Gasteiger partial charge in [0.05, 0.1) is 19.1 Å². The Morgan fingerprint density at radius 1 is 1.07 bits per heavy atom. The molecule has 2 aromatic carbocycles. The van der Waals surface area contributed by atoms with Crippen LogP contribution >= 0.6 is 11.6 Å². The SMILES string of the molecule is C[C@H](NC(=O)CN(C)CC(=O)Nc1ccc(Cl)cc1)c1ccc(F)cc1F. The van der Waals surface area contributed by atoms with E-state index >= 15 is 0 Å². The number of carbonyl (C=O) groups excluding carboxylic acids is 2. The highest BCUT2D eigenvalue weighted by Crippen LogP contribution is 2.17. The number of rotatable bonds is 7. The first-order chi connectivity index (χ1) is 12.7. The van der Waals surface area contributed by atoms with Crippen LogP contribution in [0.25, 0.3) is 0 Å². The smallest absolute Gasteiger partial charge is 0.238 e. The largest absolute Gasteiger partial charge is 0.348 e. The number of likely N-dealkylation sites (N-methyl/N-ethyl adjacent to an activating group) is 1. The quantitative estimate of drug-likeness (QED) is 0.755. The molecule has 0 heterocycles. The fourth-order valence-corrected chi connectivity index (χ4v) is 2.62. The minimum atomic E-state index is -0.724. The first kappa shape index (κ1) is 20.8. The molecule has 0 aliphatic rings. The van der Waals surface area contributed by atoms with Crippen LogP contribution in [0.2, 0.25) is 5.02 Å². The maximum absolute atomic E-state index is 13.8. The van der Waals surface area contributed by atoms with Gasteiger partial charge in [-0.1, -0.05) is 17.7 Å². The van der Waals surface area contributed by atoms with Crippen LogP contribution in [0.3, 0.4) is 0 Å². The number of halogens is 3. The highest BCUT2D eigenvalue weighted by molar-refractivity contribution is 6.30. The third-order valence-corrected chi connectivity index (χ3v) is 4.01. The maximum atomic E-state index is 13.8. The van der Waals surface area contributed by atoms with E-state index in [1.54, 1.807) is 38.2 Å². The van der Waals surface area contributed by atoms with Crippen LogP contribution in [0.4, 0.5) is 14.5 Å². The fourth-order valence-electron chi connectivity index (χ4n) is 2.50. The minimum absolute atomic E-state index is 0.00463. The van der Waals surface area contributed by atoms with Gasteiger partial charge < -0.3 is 10.6 Å².